The molecule has 0 atom stereocenters. The number of guanidine groups is 1. The molecule has 0 aliphatic carbocycles. The Morgan fingerprint density at radius 3 is 2.46 bits per heavy atom. The first-order valence-corrected chi connectivity index (χ1v) is 7.66. The van der Waals surface area contributed by atoms with Gasteiger partial charge in [-0.25, -0.2) is 5.53 Å². The smallest absolute Gasteiger partial charge is 0.419 e. The van der Waals surface area contributed by atoms with Crippen LogP contribution in [0.15, 0.2) is 17.2 Å². The zero-order valence-electron chi connectivity index (χ0n) is 14.4. The van der Waals surface area contributed by atoms with Crippen LogP contribution in [0.3, 0.4) is 0 Å². The van der Waals surface area contributed by atoms with Crippen molar-refractivity contribution >= 4 is 23.5 Å². The second-order valence-corrected chi connectivity index (χ2v) is 5.31. The summed E-state index contributed by atoms with van der Waals surface area (Å²) in [6.07, 6.45) is -5.41. The van der Waals surface area contributed by atoms with E-state index in [4.69, 9.17) is 0 Å². The van der Waals surface area contributed by atoms with E-state index < -0.39 is 47.2 Å². The number of alkyl halides is 5. The molecule has 0 aromatic heterocycles. The lowest BCUT2D eigenvalue weighted by atomic mass is 10.0. The van der Waals surface area contributed by atoms with Gasteiger partial charge in [0.25, 0.3) is 5.91 Å². The van der Waals surface area contributed by atoms with Gasteiger partial charge in [0, 0.05) is 13.5 Å². The standard InChI is InChI=1S/C14H15F5N6O3/c1-3-8(26)20-10-7(28-12(15)16)5-4-6(9(10)14(17,18)19)11(27)21-13-22-23-24-25(13)2/h4-5,12,23-24H,3H2,1-2H3,(H,20,26)(H,21,22,27). The van der Waals surface area contributed by atoms with Gasteiger partial charge in [-0.15, -0.1) is 10.6 Å². The third-order valence-corrected chi connectivity index (χ3v) is 3.42. The van der Waals surface area contributed by atoms with Crippen LogP contribution in [0.5, 0.6) is 5.75 Å². The summed E-state index contributed by atoms with van der Waals surface area (Å²) in [6.45, 7) is -2.10. The van der Waals surface area contributed by atoms with E-state index in [1.54, 1.807) is 0 Å². The molecular weight excluding hydrogens is 395 g/mol. The molecule has 1 aliphatic heterocycles. The maximum Gasteiger partial charge on any atom is 0.419 e. The molecular formula is C14H15F5N6O3. The molecule has 0 radical (unpaired) electrons. The SMILES string of the molecule is CCC(=O)Nc1c(OC(F)F)ccc(C(=O)NC2=NNNN2C)c1C(F)(F)F. The number of hydrogen-bond acceptors (Lipinski definition) is 7. The van der Waals surface area contributed by atoms with Crippen molar-refractivity contribution in [2.24, 2.45) is 5.10 Å². The number of halogens is 5. The van der Waals surface area contributed by atoms with Gasteiger partial charge in [0.15, 0.2) is 0 Å². The Hall–Kier alpha value is -3.16. The molecule has 28 heavy (non-hydrogen) atoms. The number of hydrazine groups is 2. The summed E-state index contributed by atoms with van der Waals surface area (Å²) in [6, 6.07) is 1.39. The molecule has 0 fully saturated rings. The van der Waals surface area contributed by atoms with Gasteiger partial charge in [-0.2, -0.15) is 22.0 Å². The Morgan fingerprint density at radius 1 is 1.29 bits per heavy atom. The molecule has 1 heterocycles. The third kappa shape index (κ3) is 4.76. The number of benzene rings is 1. The van der Waals surface area contributed by atoms with Crippen LogP contribution in [-0.4, -0.2) is 36.4 Å². The highest BCUT2D eigenvalue weighted by atomic mass is 19.4. The van der Waals surface area contributed by atoms with Crippen LogP contribution in [0.1, 0.15) is 29.3 Å². The largest absolute Gasteiger partial charge is 0.433 e. The van der Waals surface area contributed by atoms with Gasteiger partial charge < -0.3 is 10.1 Å². The minimum atomic E-state index is -5.18. The van der Waals surface area contributed by atoms with Crippen LogP contribution in [0.4, 0.5) is 27.6 Å². The predicted octanol–water partition coefficient (Wildman–Crippen LogP) is 1.61. The minimum absolute atomic E-state index is 0.148. The van der Waals surface area contributed by atoms with E-state index in [1.807, 2.05) is 5.32 Å². The number of nitrogens with one attached hydrogen (secondary N) is 4. The van der Waals surface area contributed by atoms with Crippen LogP contribution in [0.25, 0.3) is 0 Å². The quantitative estimate of drug-likeness (QED) is 0.550. The number of anilines is 1. The zero-order valence-corrected chi connectivity index (χ0v) is 14.4. The van der Waals surface area contributed by atoms with E-state index in [2.05, 4.69) is 26.2 Å². The van der Waals surface area contributed by atoms with E-state index in [0.717, 1.165) is 6.07 Å². The highest BCUT2D eigenvalue weighted by Gasteiger charge is 2.40. The molecule has 2 rings (SSSR count). The van der Waals surface area contributed by atoms with Crippen LogP contribution < -0.4 is 26.4 Å². The zero-order chi connectivity index (χ0) is 21.1. The Labute approximate surface area is 154 Å². The van der Waals surface area contributed by atoms with Crippen LogP contribution in [0, 0.1) is 0 Å². The normalized spacial score (nSPS) is 13.9. The molecule has 0 saturated carbocycles. The van der Waals surface area contributed by atoms with Crippen molar-refractivity contribution in [1.82, 2.24) is 21.4 Å². The van der Waals surface area contributed by atoms with Crippen molar-refractivity contribution in [3.8, 4) is 5.75 Å². The average Bonchev–Trinajstić information content (AvgIpc) is 2.99. The summed E-state index contributed by atoms with van der Waals surface area (Å²) in [5.74, 6) is -3.21. The fourth-order valence-corrected chi connectivity index (χ4v) is 2.17. The molecule has 0 spiro atoms. The van der Waals surface area contributed by atoms with Crippen LogP contribution >= 0.6 is 0 Å². The number of nitrogens with zero attached hydrogens (tertiary/aromatic N) is 2. The van der Waals surface area contributed by atoms with Crippen LogP contribution in [0.2, 0.25) is 0 Å². The average molecular weight is 410 g/mol. The maximum atomic E-state index is 13.7. The van der Waals surface area contributed by atoms with Crippen molar-refractivity contribution in [2.45, 2.75) is 26.1 Å². The molecule has 0 bridgehead atoms. The predicted molar refractivity (Wildman–Crippen MR) is 85.9 cm³/mol. The first kappa shape index (κ1) is 21.1. The first-order valence-electron chi connectivity index (χ1n) is 7.66. The Balaban J connectivity index is 2.56. The number of hydrogen-bond donors (Lipinski definition) is 4. The summed E-state index contributed by atoms with van der Waals surface area (Å²) < 4.78 is 70.3. The Kier molecular flexibility index (Phi) is 6.23. The Bertz CT molecular complexity index is 798. The van der Waals surface area contributed by atoms with E-state index >= 15 is 0 Å². The second-order valence-electron chi connectivity index (χ2n) is 5.31. The molecule has 1 aromatic rings. The van der Waals surface area contributed by atoms with E-state index in [-0.39, 0.29) is 12.4 Å². The van der Waals surface area contributed by atoms with Gasteiger partial charge in [0.2, 0.25) is 11.9 Å². The highest BCUT2D eigenvalue weighted by Crippen LogP contribution is 2.43. The van der Waals surface area contributed by atoms with Crippen molar-refractivity contribution in [1.29, 1.82) is 0 Å². The second kappa shape index (κ2) is 8.24. The monoisotopic (exact) mass is 410 g/mol. The number of carbonyl (C=O) groups excluding carboxylic acids is 2. The summed E-state index contributed by atoms with van der Waals surface area (Å²) in [4.78, 5) is 24.0. The topological polar surface area (TPSA) is 107 Å². The van der Waals surface area contributed by atoms with Gasteiger partial charge in [0.1, 0.15) is 5.75 Å². The molecule has 1 aliphatic rings. The number of hydrazone groups is 1. The lowest BCUT2D eigenvalue weighted by Gasteiger charge is -2.21. The summed E-state index contributed by atoms with van der Waals surface area (Å²) in [5, 5.41) is 8.75. The summed E-state index contributed by atoms with van der Waals surface area (Å²) >= 11 is 0. The fourth-order valence-electron chi connectivity index (χ4n) is 2.17. The molecule has 0 unspecified atom stereocenters. The summed E-state index contributed by atoms with van der Waals surface area (Å²) in [5.41, 5.74) is 1.06. The number of rotatable bonds is 5. The Morgan fingerprint density at radius 2 is 1.96 bits per heavy atom. The van der Waals surface area contributed by atoms with Crippen molar-refractivity contribution in [2.75, 3.05) is 12.4 Å². The lowest BCUT2D eigenvalue weighted by Crippen LogP contribution is -2.45. The fraction of sp³-hybridized carbons (Fsp3) is 0.357. The molecule has 1 aromatic carbocycles. The van der Waals surface area contributed by atoms with Crippen molar-refractivity contribution < 1.29 is 36.3 Å². The van der Waals surface area contributed by atoms with Gasteiger partial charge in [-0.3, -0.25) is 19.9 Å². The van der Waals surface area contributed by atoms with E-state index in [0.29, 0.717) is 6.07 Å². The number of ether oxygens (including phenoxy) is 1. The molecule has 14 heteroatoms. The first-order chi connectivity index (χ1) is 13.0. The molecule has 2 amide bonds. The van der Waals surface area contributed by atoms with Gasteiger partial charge >= 0.3 is 12.8 Å². The third-order valence-electron chi connectivity index (χ3n) is 3.42. The lowest BCUT2D eigenvalue weighted by molar-refractivity contribution is -0.137. The maximum absolute atomic E-state index is 13.7. The summed E-state index contributed by atoms with van der Waals surface area (Å²) in [7, 11) is 1.41. The van der Waals surface area contributed by atoms with Crippen LogP contribution in [-0.2, 0) is 11.0 Å². The molecule has 9 nitrogen and oxygen atoms in total. The molecule has 4 N–H and O–H groups in total. The van der Waals surface area contributed by atoms with Crippen molar-refractivity contribution in [3.63, 3.8) is 0 Å². The minimum Gasteiger partial charge on any atom is -0.433 e. The molecule has 0 saturated heterocycles. The van der Waals surface area contributed by atoms with Gasteiger partial charge in [0.05, 0.1) is 16.8 Å². The van der Waals surface area contributed by atoms with Crippen molar-refractivity contribution in [3.05, 3.63) is 23.3 Å². The molecule has 154 valence electrons. The number of amides is 2. The van der Waals surface area contributed by atoms with Gasteiger partial charge in [-0.05, 0) is 12.1 Å². The highest BCUT2D eigenvalue weighted by molar-refractivity contribution is 6.08. The van der Waals surface area contributed by atoms with Gasteiger partial charge in [-0.1, -0.05) is 6.92 Å². The van der Waals surface area contributed by atoms with E-state index in [1.165, 1.54) is 19.0 Å². The van der Waals surface area contributed by atoms with E-state index in [9.17, 15) is 31.5 Å². The number of carbonyl (C=O) groups is 2.